The molecule has 1 saturated carbocycles. The van der Waals surface area contributed by atoms with Gasteiger partial charge in [-0.3, -0.25) is 19.3 Å². The van der Waals surface area contributed by atoms with Gasteiger partial charge in [-0.25, -0.2) is 0 Å². The van der Waals surface area contributed by atoms with Crippen LogP contribution in [0.2, 0.25) is 0 Å². The molecule has 1 amide bonds. The number of para-hydroxylation sites is 1. The molecule has 240 valence electrons. The highest BCUT2D eigenvalue weighted by Gasteiger charge is 2.72. The first-order valence-electron chi connectivity index (χ1n) is 16.7. The molecule has 2 bridgehead atoms. The van der Waals surface area contributed by atoms with Gasteiger partial charge in [0, 0.05) is 46.6 Å². The topological polar surface area (TPSA) is 132 Å². The number of aldehydes is 2. The Morgan fingerprint density at radius 2 is 1.85 bits per heavy atom. The zero-order valence-corrected chi connectivity index (χ0v) is 26.1. The molecule has 2 aliphatic heterocycles. The van der Waals surface area contributed by atoms with E-state index in [1.54, 1.807) is 36.4 Å². The number of aliphatic hydroxyl groups is 1. The van der Waals surface area contributed by atoms with E-state index in [0.717, 1.165) is 58.2 Å². The lowest BCUT2D eigenvalue weighted by molar-refractivity contribution is -0.173. The van der Waals surface area contributed by atoms with Gasteiger partial charge in [-0.2, -0.15) is 0 Å². The standard InChI is InChI=1S/C39H33N3O6/c43-18-25-12-21-6-7-23(13-24(21)14-26(25)19-44)37(46)40-29-3-1-2-27-28-16-39(47)31-15-22-8-9-30(45)35-32(22)38(39,10-11-42(31)17-20-4-5-20)36(48-35)34(28)41-33(27)29/h1-3,6-9,12-14,18-20,31,36,41,45,47H,4-5,10-11,15-17H2,(H,40,46)/t31-,36+,38+,39-/m1/s1. The Morgan fingerprint density at radius 1 is 1.04 bits per heavy atom. The largest absolute Gasteiger partial charge is 0.504 e. The molecule has 9 heteroatoms. The number of fused-ring (bicyclic) bond motifs is 5. The van der Waals surface area contributed by atoms with E-state index in [9.17, 15) is 24.6 Å². The SMILES string of the molecule is O=Cc1cc2ccc(C(=O)Nc3cccc4c5c([nH]c34)[C@@H]3Oc4c(O)ccc6c4[C@@]34CCN(CC3CC3)[C@H](C6)[C@]4(O)C5)cc2cc1C=O. The first kappa shape index (κ1) is 28.1. The van der Waals surface area contributed by atoms with E-state index in [1.165, 1.54) is 12.8 Å². The highest BCUT2D eigenvalue weighted by atomic mass is 16.5. The molecule has 5 aromatic rings. The van der Waals surface area contributed by atoms with E-state index < -0.39 is 17.1 Å². The molecule has 4 N–H and O–H groups in total. The quantitative estimate of drug-likeness (QED) is 0.178. The monoisotopic (exact) mass is 639 g/mol. The third-order valence-electron chi connectivity index (χ3n) is 12.0. The van der Waals surface area contributed by atoms with E-state index >= 15 is 0 Å². The second-order valence-electron chi connectivity index (χ2n) is 14.4. The number of aromatic nitrogens is 1. The number of piperidine rings is 1. The maximum atomic E-state index is 13.7. The molecule has 3 heterocycles. The van der Waals surface area contributed by atoms with Crippen LogP contribution >= 0.6 is 0 Å². The summed E-state index contributed by atoms with van der Waals surface area (Å²) in [6, 6.07) is 17.9. The second-order valence-corrected chi connectivity index (χ2v) is 14.4. The lowest BCUT2D eigenvalue weighted by atomic mass is 9.49. The number of nitrogens with zero attached hydrogens (tertiary/aromatic N) is 1. The van der Waals surface area contributed by atoms with Gasteiger partial charge >= 0.3 is 0 Å². The number of aromatic hydroxyl groups is 1. The summed E-state index contributed by atoms with van der Waals surface area (Å²) in [5.41, 5.74) is 4.51. The van der Waals surface area contributed by atoms with Crippen molar-refractivity contribution in [1.82, 2.24) is 9.88 Å². The summed E-state index contributed by atoms with van der Waals surface area (Å²) in [4.78, 5) is 42.8. The Balaban J connectivity index is 1.07. The number of hydrogen-bond acceptors (Lipinski definition) is 7. The number of ether oxygens (including phenoxy) is 1. The zero-order chi connectivity index (χ0) is 32.5. The number of nitrogens with one attached hydrogen (secondary N) is 2. The number of amides is 1. The van der Waals surface area contributed by atoms with Crippen molar-refractivity contribution in [1.29, 1.82) is 0 Å². The third kappa shape index (κ3) is 3.55. The van der Waals surface area contributed by atoms with Crippen LogP contribution in [0.5, 0.6) is 11.5 Å². The number of likely N-dealkylation sites (tertiary alicyclic amines) is 1. The molecule has 4 atom stereocenters. The minimum Gasteiger partial charge on any atom is -0.504 e. The minimum atomic E-state index is -1.10. The third-order valence-corrected chi connectivity index (χ3v) is 12.0. The Morgan fingerprint density at radius 3 is 2.65 bits per heavy atom. The molecule has 10 rings (SSSR count). The van der Waals surface area contributed by atoms with Gasteiger partial charge in [-0.15, -0.1) is 0 Å². The number of phenolic OH excluding ortho intramolecular Hbond substituents is 1. The van der Waals surface area contributed by atoms with Gasteiger partial charge in [-0.05, 0) is 96.4 Å². The molecule has 0 radical (unpaired) electrons. The molecule has 9 nitrogen and oxygen atoms in total. The number of rotatable bonds is 6. The average Bonchev–Trinajstić information content (AvgIpc) is 3.73. The van der Waals surface area contributed by atoms with Crippen LogP contribution in [-0.4, -0.2) is 63.3 Å². The lowest BCUT2D eigenvalue weighted by Gasteiger charge is -2.62. The van der Waals surface area contributed by atoms with Crippen molar-refractivity contribution in [3.8, 4) is 11.5 Å². The van der Waals surface area contributed by atoms with Crippen LogP contribution in [0.4, 0.5) is 5.69 Å². The fourth-order valence-electron chi connectivity index (χ4n) is 9.62. The summed E-state index contributed by atoms with van der Waals surface area (Å²) in [6.07, 6.45) is 5.14. The Bertz CT molecular complexity index is 2270. The Labute approximate surface area is 275 Å². The number of hydrogen-bond donors (Lipinski definition) is 4. The number of aromatic amines is 1. The number of anilines is 1. The molecule has 3 aliphatic carbocycles. The van der Waals surface area contributed by atoms with Crippen molar-refractivity contribution in [2.75, 3.05) is 18.4 Å². The molecule has 1 aromatic heterocycles. The minimum absolute atomic E-state index is 0.0721. The van der Waals surface area contributed by atoms with Gasteiger partial charge < -0.3 is 25.3 Å². The van der Waals surface area contributed by atoms with E-state index in [0.29, 0.717) is 59.3 Å². The first-order chi connectivity index (χ1) is 23.3. The normalized spacial score (nSPS) is 26.5. The van der Waals surface area contributed by atoms with Crippen molar-refractivity contribution < 1.29 is 29.3 Å². The second kappa shape index (κ2) is 9.55. The van der Waals surface area contributed by atoms with Crippen molar-refractivity contribution in [3.63, 3.8) is 0 Å². The highest BCUT2D eigenvalue weighted by molar-refractivity contribution is 6.11. The van der Waals surface area contributed by atoms with Gasteiger partial charge in [0.1, 0.15) is 0 Å². The summed E-state index contributed by atoms with van der Waals surface area (Å²) in [5, 5.41) is 29.6. The summed E-state index contributed by atoms with van der Waals surface area (Å²) in [7, 11) is 0. The van der Waals surface area contributed by atoms with Crippen LogP contribution in [0.15, 0.2) is 60.7 Å². The predicted octanol–water partition coefficient (Wildman–Crippen LogP) is 5.60. The smallest absolute Gasteiger partial charge is 0.255 e. The van der Waals surface area contributed by atoms with Gasteiger partial charge in [0.2, 0.25) is 0 Å². The number of H-pyrrole nitrogens is 1. The Hall–Kier alpha value is -4.99. The first-order valence-corrected chi connectivity index (χ1v) is 16.7. The van der Waals surface area contributed by atoms with Gasteiger partial charge in [0.25, 0.3) is 5.91 Å². The lowest BCUT2D eigenvalue weighted by Crippen LogP contribution is -2.74. The molecule has 48 heavy (non-hydrogen) atoms. The molecular weight excluding hydrogens is 606 g/mol. The van der Waals surface area contributed by atoms with E-state index in [1.807, 2.05) is 24.3 Å². The highest BCUT2D eigenvalue weighted by Crippen LogP contribution is 2.69. The summed E-state index contributed by atoms with van der Waals surface area (Å²) < 4.78 is 6.73. The molecule has 2 fully saturated rings. The van der Waals surface area contributed by atoms with Gasteiger partial charge in [-0.1, -0.05) is 24.3 Å². The van der Waals surface area contributed by atoms with Crippen LogP contribution in [0, 0.1) is 5.92 Å². The van der Waals surface area contributed by atoms with Crippen molar-refractivity contribution in [2.24, 2.45) is 5.92 Å². The van der Waals surface area contributed by atoms with Crippen LogP contribution in [-0.2, 0) is 18.3 Å². The number of carbonyl (C=O) groups excluding carboxylic acids is 3. The van der Waals surface area contributed by atoms with Crippen molar-refractivity contribution in [3.05, 3.63) is 99.7 Å². The maximum Gasteiger partial charge on any atom is 0.255 e. The van der Waals surface area contributed by atoms with Crippen molar-refractivity contribution in [2.45, 2.75) is 55.3 Å². The van der Waals surface area contributed by atoms with Crippen LogP contribution in [0.3, 0.4) is 0 Å². The molecule has 1 spiro atoms. The fraction of sp³-hybridized carbons (Fsp3) is 0.308. The fourth-order valence-corrected chi connectivity index (χ4v) is 9.62. The van der Waals surface area contributed by atoms with Gasteiger partial charge in [0.15, 0.2) is 30.2 Å². The summed E-state index contributed by atoms with van der Waals surface area (Å²) in [6.45, 7) is 1.86. The van der Waals surface area contributed by atoms with Crippen LogP contribution < -0.4 is 10.1 Å². The van der Waals surface area contributed by atoms with E-state index in [2.05, 4.69) is 15.2 Å². The van der Waals surface area contributed by atoms with E-state index in [-0.39, 0.29) is 23.3 Å². The maximum absolute atomic E-state index is 13.7. The molecule has 4 aromatic carbocycles. The average molecular weight is 640 g/mol. The number of benzene rings is 4. The van der Waals surface area contributed by atoms with Crippen molar-refractivity contribution >= 4 is 45.8 Å². The Kier molecular flexibility index (Phi) is 5.58. The molecular formula is C39H33N3O6. The summed E-state index contributed by atoms with van der Waals surface area (Å²) in [5.74, 6) is 0.958. The number of carbonyl (C=O) groups is 3. The molecule has 1 saturated heterocycles. The molecule has 5 aliphatic rings. The van der Waals surface area contributed by atoms with E-state index in [4.69, 9.17) is 4.74 Å². The summed E-state index contributed by atoms with van der Waals surface area (Å²) >= 11 is 0. The predicted molar refractivity (Wildman–Crippen MR) is 179 cm³/mol. The number of phenols is 1. The zero-order valence-electron chi connectivity index (χ0n) is 26.1. The van der Waals surface area contributed by atoms with Gasteiger partial charge in [0.05, 0.1) is 27.9 Å². The molecule has 0 unspecified atom stereocenters. The van der Waals surface area contributed by atoms with Crippen LogP contribution in [0.25, 0.3) is 21.7 Å². The van der Waals surface area contributed by atoms with Crippen LogP contribution in [0.1, 0.15) is 78.8 Å².